The van der Waals surface area contributed by atoms with E-state index in [0.29, 0.717) is 6.07 Å². The molecule has 0 aliphatic heterocycles. The van der Waals surface area contributed by atoms with Crippen LogP contribution in [-0.2, 0) is 6.18 Å². The number of nitrogens with one attached hydrogen (secondary N) is 1. The summed E-state index contributed by atoms with van der Waals surface area (Å²) >= 11 is 5.48. The number of nitrogens with zero attached hydrogens (tertiary/aromatic N) is 1. The topological polar surface area (TPSA) is 72.2 Å². The number of amides is 1. The summed E-state index contributed by atoms with van der Waals surface area (Å²) in [7, 11) is 0. The van der Waals surface area contributed by atoms with E-state index < -0.39 is 27.6 Å². The van der Waals surface area contributed by atoms with E-state index in [1.54, 1.807) is 0 Å². The Morgan fingerprint density at radius 1 is 1.13 bits per heavy atom. The number of nitro benzene ring substituents is 1. The molecule has 1 N–H and O–H groups in total. The van der Waals surface area contributed by atoms with Crippen LogP contribution >= 0.6 is 11.6 Å². The number of hydrogen-bond donors (Lipinski definition) is 1. The van der Waals surface area contributed by atoms with E-state index >= 15 is 0 Å². The molecule has 0 aromatic heterocycles. The van der Waals surface area contributed by atoms with Crippen molar-refractivity contribution in [2.24, 2.45) is 0 Å². The SMILES string of the molecule is O=C(Nc1ccc(Cl)c(C(F)(F)F)c1)c1ccc([N+](=O)[O-])cc1. The van der Waals surface area contributed by atoms with Crippen LogP contribution in [0.4, 0.5) is 24.5 Å². The molecule has 0 aliphatic rings. The number of carbonyl (C=O) groups excluding carboxylic acids is 1. The van der Waals surface area contributed by atoms with Gasteiger partial charge in [0.15, 0.2) is 0 Å². The van der Waals surface area contributed by atoms with Crippen LogP contribution in [-0.4, -0.2) is 10.8 Å². The Morgan fingerprint density at radius 3 is 2.26 bits per heavy atom. The van der Waals surface area contributed by atoms with E-state index in [1.165, 1.54) is 18.2 Å². The quantitative estimate of drug-likeness (QED) is 0.657. The number of anilines is 1. The summed E-state index contributed by atoms with van der Waals surface area (Å²) in [6.07, 6.45) is -4.65. The molecule has 120 valence electrons. The molecule has 0 saturated carbocycles. The third-order valence-corrected chi connectivity index (χ3v) is 3.20. The predicted molar refractivity (Wildman–Crippen MR) is 77.5 cm³/mol. The van der Waals surface area contributed by atoms with Crippen molar-refractivity contribution in [3.05, 3.63) is 68.7 Å². The van der Waals surface area contributed by atoms with Gasteiger partial charge in [-0.3, -0.25) is 14.9 Å². The van der Waals surface area contributed by atoms with E-state index in [1.807, 2.05) is 0 Å². The lowest BCUT2D eigenvalue weighted by atomic mass is 10.1. The number of alkyl halides is 3. The molecule has 0 fully saturated rings. The average molecular weight is 345 g/mol. The minimum Gasteiger partial charge on any atom is -0.322 e. The summed E-state index contributed by atoms with van der Waals surface area (Å²) in [5, 5.41) is 12.3. The van der Waals surface area contributed by atoms with Crippen LogP contribution in [0, 0.1) is 10.1 Å². The number of benzene rings is 2. The molecule has 1 amide bonds. The molecule has 5 nitrogen and oxygen atoms in total. The van der Waals surface area contributed by atoms with Gasteiger partial charge in [-0.25, -0.2) is 0 Å². The van der Waals surface area contributed by atoms with Crippen LogP contribution in [0.15, 0.2) is 42.5 Å². The van der Waals surface area contributed by atoms with Gasteiger partial charge in [0.25, 0.3) is 11.6 Å². The standard InChI is InChI=1S/C14H8ClF3N2O3/c15-12-6-3-9(7-11(12)14(16,17)18)19-13(21)8-1-4-10(5-2-8)20(22)23/h1-7H,(H,19,21). The maximum Gasteiger partial charge on any atom is 0.417 e. The molecule has 0 aliphatic carbocycles. The van der Waals surface area contributed by atoms with Crippen LogP contribution in [0.2, 0.25) is 5.02 Å². The van der Waals surface area contributed by atoms with Crippen molar-refractivity contribution in [1.82, 2.24) is 0 Å². The number of rotatable bonds is 3. The Balaban J connectivity index is 2.22. The van der Waals surface area contributed by atoms with Gasteiger partial charge >= 0.3 is 6.18 Å². The van der Waals surface area contributed by atoms with Crippen molar-refractivity contribution in [1.29, 1.82) is 0 Å². The van der Waals surface area contributed by atoms with Gasteiger partial charge in [-0.05, 0) is 30.3 Å². The molecule has 9 heteroatoms. The predicted octanol–water partition coefficient (Wildman–Crippen LogP) is 4.52. The Hall–Kier alpha value is -2.61. The van der Waals surface area contributed by atoms with Gasteiger partial charge in [0.1, 0.15) is 0 Å². The van der Waals surface area contributed by atoms with E-state index in [2.05, 4.69) is 5.32 Å². The number of halogens is 4. The van der Waals surface area contributed by atoms with Crippen LogP contribution in [0.1, 0.15) is 15.9 Å². The highest BCUT2D eigenvalue weighted by atomic mass is 35.5. The highest BCUT2D eigenvalue weighted by molar-refractivity contribution is 6.31. The van der Waals surface area contributed by atoms with Crippen molar-refractivity contribution in [2.75, 3.05) is 5.32 Å². The molecule has 2 aromatic rings. The van der Waals surface area contributed by atoms with Crippen molar-refractivity contribution in [3.8, 4) is 0 Å². The first-order chi connectivity index (χ1) is 10.7. The zero-order chi connectivity index (χ0) is 17.2. The first kappa shape index (κ1) is 16.8. The van der Waals surface area contributed by atoms with Gasteiger partial charge in [0.2, 0.25) is 0 Å². The van der Waals surface area contributed by atoms with Crippen molar-refractivity contribution >= 4 is 28.9 Å². The third-order valence-electron chi connectivity index (χ3n) is 2.87. The van der Waals surface area contributed by atoms with E-state index in [9.17, 15) is 28.1 Å². The fourth-order valence-corrected chi connectivity index (χ4v) is 1.98. The highest BCUT2D eigenvalue weighted by Crippen LogP contribution is 2.36. The summed E-state index contributed by atoms with van der Waals surface area (Å²) in [6.45, 7) is 0. The first-order valence-corrected chi connectivity index (χ1v) is 6.49. The summed E-state index contributed by atoms with van der Waals surface area (Å²) in [5.74, 6) is -0.699. The Bertz CT molecular complexity index is 761. The molecular weight excluding hydrogens is 337 g/mol. The van der Waals surface area contributed by atoms with Gasteiger partial charge in [0.05, 0.1) is 15.5 Å². The first-order valence-electron chi connectivity index (χ1n) is 6.11. The third kappa shape index (κ3) is 3.98. The minimum atomic E-state index is -4.65. The highest BCUT2D eigenvalue weighted by Gasteiger charge is 2.33. The van der Waals surface area contributed by atoms with Gasteiger partial charge in [-0.2, -0.15) is 13.2 Å². The summed E-state index contributed by atoms with van der Waals surface area (Å²) in [6, 6.07) is 7.61. The second kappa shape index (κ2) is 6.25. The number of nitro groups is 1. The van der Waals surface area contributed by atoms with E-state index in [4.69, 9.17) is 11.6 Å². The Kier molecular flexibility index (Phi) is 4.55. The monoisotopic (exact) mass is 344 g/mol. The van der Waals surface area contributed by atoms with E-state index in [0.717, 1.165) is 18.2 Å². The molecule has 2 rings (SSSR count). The summed E-state index contributed by atoms with van der Waals surface area (Å²) in [5.41, 5.74) is -1.29. The van der Waals surface area contributed by atoms with Crippen LogP contribution in [0.3, 0.4) is 0 Å². The normalized spacial score (nSPS) is 11.1. The summed E-state index contributed by atoms with van der Waals surface area (Å²) in [4.78, 5) is 21.8. The van der Waals surface area contributed by atoms with Gasteiger partial charge in [-0.15, -0.1) is 0 Å². The molecule has 0 saturated heterocycles. The lowest BCUT2D eigenvalue weighted by Gasteiger charge is -2.11. The fourth-order valence-electron chi connectivity index (χ4n) is 1.76. The second-order valence-electron chi connectivity index (χ2n) is 4.45. The van der Waals surface area contributed by atoms with Gasteiger partial charge < -0.3 is 5.32 Å². The molecule has 0 bridgehead atoms. The molecule has 0 spiro atoms. The van der Waals surface area contributed by atoms with Gasteiger partial charge in [0, 0.05) is 23.4 Å². The minimum absolute atomic E-state index is 0.0686. The lowest BCUT2D eigenvalue weighted by molar-refractivity contribution is -0.384. The van der Waals surface area contributed by atoms with Gasteiger partial charge in [-0.1, -0.05) is 11.6 Å². The smallest absolute Gasteiger partial charge is 0.322 e. The van der Waals surface area contributed by atoms with Crippen molar-refractivity contribution in [2.45, 2.75) is 6.18 Å². The zero-order valence-corrected chi connectivity index (χ0v) is 12.0. The van der Waals surface area contributed by atoms with Crippen molar-refractivity contribution in [3.63, 3.8) is 0 Å². The largest absolute Gasteiger partial charge is 0.417 e. The molecular formula is C14H8ClF3N2O3. The number of carbonyl (C=O) groups is 1. The van der Waals surface area contributed by atoms with Crippen LogP contribution in [0.5, 0.6) is 0 Å². The van der Waals surface area contributed by atoms with Crippen LogP contribution < -0.4 is 5.32 Å². The van der Waals surface area contributed by atoms with E-state index in [-0.39, 0.29) is 16.9 Å². The number of hydrogen-bond acceptors (Lipinski definition) is 3. The molecule has 0 atom stereocenters. The average Bonchev–Trinajstić information content (AvgIpc) is 2.48. The Labute approximate surface area is 132 Å². The molecule has 0 radical (unpaired) electrons. The lowest BCUT2D eigenvalue weighted by Crippen LogP contribution is -2.13. The maximum atomic E-state index is 12.7. The Morgan fingerprint density at radius 2 is 1.74 bits per heavy atom. The van der Waals surface area contributed by atoms with Crippen LogP contribution in [0.25, 0.3) is 0 Å². The van der Waals surface area contributed by atoms with Crippen molar-refractivity contribution < 1.29 is 22.9 Å². The number of non-ortho nitro benzene ring substituents is 1. The molecule has 0 unspecified atom stereocenters. The maximum absolute atomic E-state index is 12.7. The molecule has 2 aromatic carbocycles. The summed E-state index contributed by atoms with van der Waals surface area (Å²) < 4.78 is 38.2. The second-order valence-corrected chi connectivity index (χ2v) is 4.86. The zero-order valence-electron chi connectivity index (χ0n) is 11.2. The molecule has 0 heterocycles. The fraction of sp³-hybridized carbons (Fsp3) is 0.0714. The molecule has 23 heavy (non-hydrogen) atoms.